The molecular formula is C21H28O3S. The topological polar surface area (TPSA) is 46.5 Å². The van der Waals surface area contributed by atoms with Gasteiger partial charge >= 0.3 is 5.97 Å². The molecule has 4 atom stereocenters. The van der Waals surface area contributed by atoms with Gasteiger partial charge in [-0.05, 0) is 49.8 Å². The lowest BCUT2D eigenvalue weighted by Crippen LogP contribution is -2.29. The highest BCUT2D eigenvalue weighted by atomic mass is 32.2. The standard InChI is InChI=1S/C21H28O3S/c22-20(23)11-7-2-1-6-10-17-18-12-13-19(24-18)21(17)25-15-14-16-8-4-3-5-9-16/h1,3-6,8-9,17-19,21H,2,7,10-15H2,(H,22,23)/b6-1-/t17-,18+,19-,21-/m0/s1. The van der Waals surface area contributed by atoms with E-state index in [-0.39, 0.29) is 6.42 Å². The number of carbonyl (C=O) groups is 1. The zero-order chi connectivity index (χ0) is 17.5. The minimum absolute atomic E-state index is 0.263. The lowest BCUT2D eigenvalue weighted by molar-refractivity contribution is -0.137. The summed E-state index contributed by atoms with van der Waals surface area (Å²) in [4.78, 5) is 10.5. The number of carboxylic acids is 1. The molecule has 0 aromatic heterocycles. The molecule has 2 fully saturated rings. The Morgan fingerprint density at radius 1 is 1.20 bits per heavy atom. The third-order valence-corrected chi connectivity index (χ3v) is 6.71. The van der Waals surface area contributed by atoms with Gasteiger partial charge in [-0.15, -0.1) is 0 Å². The van der Waals surface area contributed by atoms with Crippen LogP contribution in [0.3, 0.4) is 0 Å². The molecule has 0 spiro atoms. The molecule has 2 aliphatic rings. The van der Waals surface area contributed by atoms with E-state index in [0.717, 1.165) is 31.4 Å². The number of aryl methyl sites for hydroxylation is 1. The van der Waals surface area contributed by atoms with Gasteiger partial charge in [0, 0.05) is 17.6 Å². The van der Waals surface area contributed by atoms with E-state index in [0.29, 0.717) is 23.4 Å². The third-order valence-electron chi connectivity index (χ3n) is 5.23. The highest BCUT2D eigenvalue weighted by Gasteiger charge is 2.48. The number of ether oxygens (including phenoxy) is 1. The SMILES string of the molecule is O=C(O)CCC/C=C\C[C@@H]1[C@H](SCCc2ccccc2)[C@@H]2CC[C@H]1O2. The molecule has 4 heteroatoms. The third kappa shape index (κ3) is 5.35. The highest BCUT2D eigenvalue weighted by molar-refractivity contribution is 8.00. The second-order valence-electron chi connectivity index (χ2n) is 7.02. The van der Waals surface area contributed by atoms with Crippen molar-refractivity contribution in [2.45, 2.75) is 62.4 Å². The number of aliphatic carboxylic acids is 1. The molecule has 3 rings (SSSR count). The first-order chi connectivity index (χ1) is 12.2. The molecule has 1 aromatic carbocycles. The molecule has 25 heavy (non-hydrogen) atoms. The van der Waals surface area contributed by atoms with Crippen molar-refractivity contribution in [2.24, 2.45) is 5.92 Å². The number of hydrogen-bond donors (Lipinski definition) is 1. The van der Waals surface area contributed by atoms with Crippen LogP contribution in [0.4, 0.5) is 0 Å². The maximum absolute atomic E-state index is 10.5. The summed E-state index contributed by atoms with van der Waals surface area (Å²) >= 11 is 2.09. The Bertz CT molecular complexity index is 572. The van der Waals surface area contributed by atoms with E-state index >= 15 is 0 Å². The van der Waals surface area contributed by atoms with Gasteiger partial charge in [-0.3, -0.25) is 4.79 Å². The average molecular weight is 361 g/mol. The number of carboxylic acid groups (broad SMARTS) is 1. The van der Waals surface area contributed by atoms with Crippen LogP contribution in [0.5, 0.6) is 0 Å². The van der Waals surface area contributed by atoms with Gasteiger partial charge in [0.05, 0.1) is 12.2 Å². The summed E-state index contributed by atoms with van der Waals surface area (Å²) in [6.07, 6.45) is 11.7. The molecule has 2 saturated heterocycles. The molecule has 0 amide bonds. The second-order valence-corrected chi connectivity index (χ2v) is 8.30. The quantitative estimate of drug-likeness (QED) is 0.485. The number of rotatable bonds is 10. The van der Waals surface area contributed by atoms with Crippen LogP contribution in [-0.2, 0) is 16.0 Å². The van der Waals surface area contributed by atoms with Gasteiger partial charge in [0.1, 0.15) is 0 Å². The fraction of sp³-hybridized carbons (Fsp3) is 0.571. The number of allylic oxidation sites excluding steroid dienone is 2. The lowest BCUT2D eigenvalue weighted by atomic mass is 9.86. The number of hydrogen-bond acceptors (Lipinski definition) is 3. The van der Waals surface area contributed by atoms with Crippen molar-refractivity contribution in [1.29, 1.82) is 0 Å². The number of thioether (sulfide) groups is 1. The average Bonchev–Trinajstić information content (AvgIpc) is 3.21. The molecule has 136 valence electrons. The van der Waals surface area contributed by atoms with Crippen molar-refractivity contribution in [1.82, 2.24) is 0 Å². The van der Waals surface area contributed by atoms with Gasteiger partial charge in [-0.25, -0.2) is 0 Å². The van der Waals surface area contributed by atoms with E-state index in [2.05, 4.69) is 54.2 Å². The van der Waals surface area contributed by atoms with Gasteiger partial charge in [0.25, 0.3) is 0 Å². The molecule has 1 N–H and O–H groups in total. The fourth-order valence-electron chi connectivity index (χ4n) is 3.95. The molecular weight excluding hydrogens is 332 g/mol. The van der Waals surface area contributed by atoms with Crippen molar-refractivity contribution in [3.8, 4) is 0 Å². The molecule has 2 aliphatic heterocycles. The zero-order valence-corrected chi connectivity index (χ0v) is 15.5. The Labute approximate surface area is 154 Å². The number of fused-ring (bicyclic) bond motifs is 2. The predicted molar refractivity (Wildman–Crippen MR) is 103 cm³/mol. The minimum Gasteiger partial charge on any atom is -0.481 e. The van der Waals surface area contributed by atoms with Crippen LogP contribution in [0.25, 0.3) is 0 Å². The Morgan fingerprint density at radius 3 is 2.80 bits per heavy atom. The number of benzene rings is 1. The maximum Gasteiger partial charge on any atom is 0.303 e. The highest BCUT2D eigenvalue weighted by Crippen LogP contribution is 2.46. The Morgan fingerprint density at radius 2 is 2.00 bits per heavy atom. The molecule has 0 radical (unpaired) electrons. The monoisotopic (exact) mass is 360 g/mol. The summed E-state index contributed by atoms with van der Waals surface area (Å²) in [7, 11) is 0. The van der Waals surface area contributed by atoms with Crippen molar-refractivity contribution >= 4 is 17.7 Å². The number of unbranched alkanes of at least 4 members (excludes halogenated alkanes) is 1. The van der Waals surface area contributed by atoms with Crippen molar-refractivity contribution in [2.75, 3.05) is 5.75 Å². The summed E-state index contributed by atoms with van der Waals surface area (Å²) in [5, 5.41) is 9.29. The van der Waals surface area contributed by atoms with Gasteiger partial charge in [-0.1, -0.05) is 42.5 Å². The molecule has 3 nitrogen and oxygen atoms in total. The summed E-state index contributed by atoms with van der Waals surface area (Å²) in [5.74, 6) is 1.07. The van der Waals surface area contributed by atoms with Crippen LogP contribution >= 0.6 is 11.8 Å². The van der Waals surface area contributed by atoms with Crippen LogP contribution in [0.2, 0.25) is 0 Å². The summed E-state index contributed by atoms with van der Waals surface area (Å²) in [6.45, 7) is 0. The Balaban J connectivity index is 1.43. The summed E-state index contributed by atoms with van der Waals surface area (Å²) < 4.78 is 6.18. The van der Waals surface area contributed by atoms with Gasteiger partial charge < -0.3 is 9.84 Å². The van der Waals surface area contributed by atoms with Crippen molar-refractivity contribution in [3.05, 3.63) is 48.0 Å². The molecule has 0 unspecified atom stereocenters. The zero-order valence-electron chi connectivity index (χ0n) is 14.7. The van der Waals surface area contributed by atoms with E-state index in [9.17, 15) is 4.79 Å². The van der Waals surface area contributed by atoms with Crippen LogP contribution in [0.15, 0.2) is 42.5 Å². The van der Waals surface area contributed by atoms with Gasteiger partial charge in [-0.2, -0.15) is 11.8 Å². The first-order valence-electron chi connectivity index (χ1n) is 9.42. The van der Waals surface area contributed by atoms with Crippen LogP contribution in [-0.4, -0.2) is 34.3 Å². The van der Waals surface area contributed by atoms with E-state index in [1.54, 1.807) is 0 Å². The normalized spacial score (nSPS) is 28.0. The van der Waals surface area contributed by atoms with E-state index in [1.807, 2.05) is 0 Å². The van der Waals surface area contributed by atoms with Crippen molar-refractivity contribution in [3.63, 3.8) is 0 Å². The predicted octanol–water partition coefficient (Wildman–Crippen LogP) is 4.71. The molecule has 2 bridgehead atoms. The van der Waals surface area contributed by atoms with Crippen molar-refractivity contribution < 1.29 is 14.6 Å². The fourth-order valence-corrected chi connectivity index (χ4v) is 5.52. The maximum atomic E-state index is 10.5. The van der Waals surface area contributed by atoms with Gasteiger partial charge in [0.15, 0.2) is 0 Å². The summed E-state index contributed by atoms with van der Waals surface area (Å²) in [6, 6.07) is 10.7. The molecule has 1 aromatic rings. The Hall–Kier alpha value is -1.26. The molecule has 0 aliphatic carbocycles. The van der Waals surface area contributed by atoms with Crippen LogP contribution < -0.4 is 0 Å². The molecule has 0 saturated carbocycles. The van der Waals surface area contributed by atoms with E-state index in [1.165, 1.54) is 18.4 Å². The molecule has 2 heterocycles. The van der Waals surface area contributed by atoms with Crippen LogP contribution in [0.1, 0.15) is 44.1 Å². The first-order valence-corrected chi connectivity index (χ1v) is 10.5. The second kappa shape index (κ2) is 9.44. The van der Waals surface area contributed by atoms with Crippen LogP contribution in [0, 0.1) is 5.92 Å². The van der Waals surface area contributed by atoms with E-state index < -0.39 is 5.97 Å². The first kappa shape index (κ1) is 18.5. The van der Waals surface area contributed by atoms with Gasteiger partial charge in [0.2, 0.25) is 0 Å². The summed E-state index contributed by atoms with van der Waals surface area (Å²) in [5.41, 5.74) is 1.41. The van der Waals surface area contributed by atoms with E-state index in [4.69, 9.17) is 9.84 Å². The minimum atomic E-state index is -0.704. The largest absolute Gasteiger partial charge is 0.481 e. The lowest BCUT2D eigenvalue weighted by Gasteiger charge is -2.26. The smallest absolute Gasteiger partial charge is 0.303 e. The Kier molecular flexibility index (Phi) is 7.00.